The second-order valence-electron chi connectivity index (χ2n) is 6.75. The first kappa shape index (κ1) is 20.2. The monoisotopic (exact) mass is 420 g/mol. The Hall–Kier alpha value is -3.10. The molecule has 0 aliphatic carbocycles. The summed E-state index contributed by atoms with van der Waals surface area (Å²) in [6.07, 6.45) is 5.13. The van der Waals surface area contributed by atoms with Gasteiger partial charge in [-0.2, -0.15) is 0 Å². The smallest absolute Gasteiger partial charge is 0.194 e. The third-order valence-electron chi connectivity index (χ3n) is 4.93. The maximum atomic E-state index is 12.7. The van der Waals surface area contributed by atoms with E-state index in [2.05, 4.69) is 0 Å². The van der Waals surface area contributed by atoms with Crippen LogP contribution >= 0.6 is 11.3 Å². The van der Waals surface area contributed by atoms with E-state index < -0.39 is 0 Å². The Kier molecular flexibility index (Phi) is 5.87. The molecule has 0 bridgehead atoms. The van der Waals surface area contributed by atoms with Gasteiger partial charge in [-0.1, -0.05) is 36.4 Å². The highest BCUT2D eigenvalue weighted by molar-refractivity contribution is 7.15. The number of rotatable bonds is 7. The van der Waals surface area contributed by atoms with E-state index in [0.29, 0.717) is 16.7 Å². The number of nitrogens with zero attached hydrogens (tertiary/aromatic N) is 2. The van der Waals surface area contributed by atoms with Crippen molar-refractivity contribution in [3.8, 4) is 11.3 Å². The fourth-order valence-electron chi connectivity index (χ4n) is 3.27. The molecular formula is C23H20N2O4S. The number of benzene rings is 2. The van der Waals surface area contributed by atoms with E-state index in [1.165, 1.54) is 17.4 Å². The number of hydrogen-bond donors (Lipinski definition) is 3. The van der Waals surface area contributed by atoms with E-state index >= 15 is 0 Å². The number of thiazole rings is 1. The SMILES string of the molecule is O=C(/C=C/c1c(-c2ccc(CO)cc2)nc2sccn12)c1ccc(CO)c(CO)c1. The summed E-state index contributed by atoms with van der Waals surface area (Å²) in [6, 6.07) is 12.4. The molecule has 4 rings (SSSR count). The molecule has 0 saturated heterocycles. The van der Waals surface area contributed by atoms with Crippen LogP contribution in [-0.2, 0) is 19.8 Å². The minimum Gasteiger partial charge on any atom is -0.392 e. The van der Waals surface area contributed by atoms with Gasteiger partial charge in [-0.3, -0.25) is 9.20 Å². The minimum absolute atomic E-state index is 0.0231. The Balaban J connectivity index is 1.70. The van der Waals surface area contributed by atoms with Gasteiger partial charge in [-0.15, -0.1) is 11.3 Å². The largest absolute Gasteiger partial charge is 0.392 e. The van der Waals surface area contributed by atoms with Gasteiger partial charge >= 0.3 is 0 Å². The maximum absolute atomic E-state index is 12.7. The first-order valence-electron chi connectivity index (χ1n) is 9.36. The average Bonchev–Trinajstić information content (AvgIpc) is 3.38. The van der Waals surface area contributed by atoms with Crippen LogP contribution in [-0.4, -0.2) is 30.5 Å². The van der Waals surface area contributed by atoms with E-state index in [9.17, 15) is 20.1 Å². The molecule has 152 valence electrons. The van der Waals surface area contributed by atoms with E-state index in [1.807, 2.05) is 40.2 Å². The molecule has 0 amide bonds. The summed E-state index contributed by atoms with van der Waals surface area (Å²) < 4.78 is 1.93. The van der Waals surface area contributed by atoms with Gasteiger partial charge in [0.15, 0.2) is 10.7 Å². The van der Waals surface area contributed by atoms with E-state index in [4.69, 9.17) is 4.98 Å². The van der Waals surface area contributed by atoms with Crippen LogP contribution in [0.2, 0.25) is 0 Å². The quantitative estimate of drug-likeness (QED) is 0.315. The van der Waals surface area contributed by atoms with Crippen LogP contribution in [0.4, 0.5) is 0 Å². The Morgan fingerprint density at radius 2 is 1.77 bits per heavy atom. The lowest BCUT2D eigenvalue weighted by Crippen LogP contribution is -2.00. The van der Waals surface area contributed by atoms with Crippen molar-refractivity contribution in [1.82, 2.24) is 9.38 Å². The minimum atomic E-state index is -0.243. The van der Waals surface area contributed by atoms with Crippen molar-refractivity contribution < 1.29 is 20.1 Å². The molecule has 0 unspecified atom stereocenters. The second kappa shape index (κ2) is 8.73. The number of hydrogen-bond acceptors (Lipinski definition) is 6. The first-order valence-corrected chi connectivity index (χ1v) is 10.2. The molecule has 7 heteroatoms. The Morgan fingerprint density at radius 3 is 2.47 bits per heavy atom. The molecule has 0 spiro atoms. The van der Waals surface area contributed by atoms with Gasteiger partial charge in [0.05, 0.1) is 31.2 Å². The second-order valence-corrected chi connectivity index (χ2v) is 7.63. The van der Waals surface area contributed by atoms with E-state index in [0.717, 1.165) is 27.5 Å². The molecule has 30 heavy (non-hydrogen) atoms. The van der Waals surface area contributed by atoms with Gasteiger partial charge in [0.25, 0.3) is 0 Å². The van der Waals surface area contributed by atoms with Crippen LogP contribution in [0.3, 0.4) is 0 Å². The molecule has 4 aromatic rings. The normalized spacial score (nSPS) is 11.6. The number of carbonyl (C=O) groups is 1. The fraction of sp³-hybridized carbons (Fsp3) is 0.130. The first-order chi connectivity index (χ1) is 14.6. The summed E-state index contributed by atoms with van der Waals surface area (Å²) >= 11 is 1.51. The van der Waals surface area contributed by atoms with Crippen molar-refractivity contribution in [3.05, 3.63) is 88.1 Å². The van der Waals surface area contributed by atoms with Crippen molar-refractivity contribution in [1.29, 1.82) is 0 Å². The molecule has 3 N–H and O–H groups in total. The topological polar surface area (TPSA) is 95.1 Å². The summed E-state index contributed by atoms with van der Waals surface area (Å²) in [7, 11) is 0. The highest BCUT2D eigenvalue weighted by Crippen LogP contribution is 2.28. The molecule has 2 aromatic heterocycles. The molecule has 0 atom stereocenters. The Morgan fingerprint density at radius 1 is 1.00 bits per heavy atom. The number of aromatic nitrogens is 2. The number of carbonyl (C=O) groups excluding carboxylic acids is 1. The van der Waals surface area contributed by atoms with Gasteiger partial charge in [-0.25, -0.2) is 4.98 Å². The number of ketones is 1. The molecule has 0 aliphatic rings. The number of aliphatic hydroxyl groups excluding tert-OH is 3. The lowest BCUT2D eigenvalue weighted by molar-refractivity contribution is 0.104. The van der Waals surface area contributed by atoms with Crippen molar-refractivity contribution in [2.75, 3.05) is 0 Å². The zero-order valence-corrected chi connectivity index (χ0v) is 16.8. The average molecular weight is 420 g/mol. The van der Waals surface area contributed by atoms with Gasteiger partial charge in [0.2, 0.25) is 0 Å². The Labute approximate surface area is 177 Å². The third kappa shape index (κ3) is 3.83. The van der Waals surface area contributed by atoms with Crippen molar-refractivity contribution >= 4 is 28.2 Å². The molecule has 0 aliphatic heterocycles. The summed E-state index contributed by atoms with van der Waals surface area (Å²) in [6.45, 7) is -0.456. The van der Waals surface area contributed by atoms with Crippen molar-refractivity contribution in [3.63, 3.8) is 0 Å². The fourth-order valence-corrected chi connectivity index (χ4v) is 4.00. The van der Waals surface area contributed by atoms with Crippen LogP contribution < -0.4 is 0 Å². The predicted octanol–water partition coefficient (Wildman–Crippen LogP) is 3.44. The van der Waals surface area contributed by atoms with Crippen LogP contribution in [0, 0.1) is 0 Å². The molecule has 2 aromatic carbocycles. The lowest BCUT2D eigenvalue weighted by atomic mass is 10.0. The van der Waals surface area contributed by atoms with Gasteiger partial charge in [0, 0.05) is 22.7 Å². The highest BCUT2D eigenvalue weighted by Gasteiger charge is 2.14. The predicted molar refractivity (Wildman–Crippen MR) is 116 cm³/mol. The van der Waals surface area contributed by atoms with Crippen molar-refractivity contribution in [2.45, 2.75) is 19.8 Å². The summed E-state index contributed by atoms with van der Waals surface area (Å²) in [5.41, 5.74) is 4.82. The molecule has 2 heterocycles. The molecule has 0 fully saturated rings. The zero-order chi connectivity index (χ0) is 21.1. The van der Waals surface area contributed by atoms with Gasteiger partial charge in [0.1, 0.15) is 0 Å². The van der Waals surface area contributed by atoms with Crippen LogP contribution in [0.1, 0.15) is 32.7 Å². The zero-order valence-electron chi connectivity index (χ0n) is 16.0. The van der Waals surface area contributed by atoms with E-state index in [-0.39, 0.29) is 25.6 Å². The van der Waals surface area contributed by atoms with Crippen LogP contribution in [0.5, 0.6) is 0 Å². The molecule has 0 saturated carbocycles. The van der Waals surface area contributed by atoms with Gasteiger partial charge in [-0.05, 0) is 34.9 Å². The third-order valence-corrected chi connectivity index (χ3v) is 5.69. The van der Waals surface area contributed by atoms with Crippen LogP contribution in [0.15, 0.2) is 60.1 Å². The number of imidazole rings is 1. The van der Waals surface area contributed by atoms with Gasteiger partial charge < -0.3 is 15.3 Å². The summed E-state index contributed by atoms with van der Waals surface area (Å²) in [5, 5.41) is 30.0. The standard InChI is InChI=1S/C23H20N2O4S/c26-12-15-1-3-16(4-2-15)22-20(25-9-10-30-23(25)24-22)7-8-21(29)17-5-6-18(13-27)19(11-17)14-28/h1-11,26-28H,12-14H2/b8-7+. The highest BCUT2D eigenvalue weighted by atomic mass is 32.1. The lowest BCUT2D eigenvalue weighted by Gasteiger charge is -2.06. The number of fused-ring (bicyclic) bond motifs is 1. The van der Waals surface area contributed by atoms with E-state index in [1.54, 1.807) is 24.3 Å². The maximum Gasteiger partial charge on any atom is 0.194 e. The number of allylic oxidation sites excluding steroid dienone is 1. The summed E-state index contributed by atoms with van der Waals surface area (Å²) in [5.74, 6) is -0.207. The van der Waals surface area contributed by atoms with Crippen molar-refractivity contribution in [2.24, 2.45) is 0 Å². The molecule has 0 radical (unpaired) electrons. The molecular weight excluding hydrogens is 400 g/mol. The Bertz CT molecular complexity index is 1220. The van der Waals surface area contributed by atoms with Crippen LogP contribution in [0.25, 0.3) is 22.3 Å². The summed E-state index contributed by atoms with van der Waals surface area (Å²) in [4.78, 5) is 18.2. The molecule has 6 nitrogen and oxygen atoms in total. The number of aliphatic hydroxyl groups is 3.